The second-order valence-electron chi connectivity index (χ2n) is 4.37. The van der Waals surface area contributed by atoms with Gasteiger partial charge in [-0.25, -0.2) is 9.18 Å². The van der Waals surface area contributed by atoms with Gasteiger partial charge in [-0.05, 0) is 37.3 Å². The van der Waals surface area contributed by atoms with Gasteiger partial charge in [0, 0.05) is 12.7 Å². The summed E-state index contributed by atoms with van der Waals surface area (Å²) in [7, 11) is 1.72. The number of aromatic carboxylic acids is 1. The molecule has 0 aliphatic rings. The van der Waals surface area contributed by atoms with Crippen molar-refractivity contribution in [2.45, 2.75) is 6.92 Å². The van der Waals surface area contributed by atoms with E-state index in [1.165, 1.54) is 0 Å². The molecule has 0 spiro atoms. The summed E-state index contributed by atoms with van der Waals surface area (Å²) in [5.41, 5.74) is 1.02. The monoisotopic (exact) mass is 276 g/mol. The Bertz CT molecular complexity index is 692. The highest BCUT2D eigenvalue weighted by atomic mass is 19.1. The largest absolute Gasteiger partial charge is 0.478 e. The summed E-state index contributed by atoms with van der Waals surface area (Å²) in [5, 5.41) is 11.4. The van der Waals surface area contributed by atoms with Gasteiger partial charge in [0.25, 0.3) is 5.91 Å². The van der Waals surface area contributed by atoms with Gasteiger partial charge in [0.1, 0.15) is 11.5 Å². The molecule has 0 radical (unpaired) electrons. The fourth-order valence-electron chi connectivity index (χ4n) is 1.83. The van der Waals surface area contributed by atoms with Crippen LogP contribution in [0.1, 0.15) is 26.5 Å². The number of nitrogens with zero attached hydrogens (tertiary/aromatic N) is 1. The lowest BCUT2D eigenvalue weighted by atomic mass is 10.1. The summed E-state index contributed by atoms with van der Waals surface area (Å²) in [6, 6.07) is 6.51. The Hall–Kier alpha value is -2.63. The third-order valence-electron chi connectivity index (χ3n) is 3.07. The molecule has 0 atom stereocenters. The van der Waals surface area contributed by atoms with Gasteiger partial charge >= 0.3 is 5.97 Å². The van der Waals surface area contributed by atoms with Crippen molar-refractivity contribution in [3.05, 3.63) is 53.1 Å². The van der Waals surface area contributed by atoms with Crippen molar-refractivity contribution in [3.8, 4) is 0 Å². The summed E-state index contributed by atoms with van der Waals surface area (Å²) < 4.78 is 14.9. The molecule has 0 aliphatic carbocycles. The minimum absolute atomic E-state index is 0.0682. The van der Waals surface area contributed by atoms with E-state index in [0.717, 1.165) is 23.9 Å². The van der Waals surface area contributed by atoms with Crippen LogP contribution in [0.15, 0.2) is 30.3 Å². The number of aryl methyl sites for hydroxylation is 1. The van der Waals surface area contributed by atoms with E-state index in [-0.39, 0.29) is 11.3 Å². The highest BCUT2D eigenvalue weighted by molar-refractivity contribution is 6.07. The average molecular weight is 276 g/mol. The molecule has 0 bridgehead atoms. The molecule has 2 aromatic rings. The molecule has 0 fully saturated rings. The van der Waals surface area contributed by atoms with E-state index in [2.05, 4.69) is 5.32 Å². The van der Waals surface area contributed by atoms with E-state index >= 15 is 0 Å². The molecule has 1 aromatic heterocycles. The molecule has 20 heavy (non-hydrogen) atoms. The molecule has 0 saturated carbocycles. The van der Waals surface area contributed by atoms with Crippen LogP contribution < -0.4 is 5.32 Å². The van der Waals surface area contributed by atoms with Crippen molar-refractivity contribution in [2.75, 3.05) is 5.32 Å². The molecule has 0 unspecified atom stereocenters. The Morgan fingerprint density at radius 3 is 2.50 bits per heavy atom. The molecule has 0 saturated heterocycles. The van der Waals surface area contributed by atoms with E-state index in [1.54, 1.807) is 23.7 Å². The van der Waals surface area contributed by atoms with Crippen LogP contribution in [0.3, 0.4) is 0 Å². The Balaban J connectivity index is 2.35. The molecule has 2 rings (SSSR count). The first-order valence-corrected chi connectivity index (χ1v) is 5.86. The van der Waals surface area contributed by atoms with Crippen molar-refractivity contribution in [1.29, 1.82) is 0 Å². The van der Waals surface area contributed by atoms with Gasteiger partial charge in [0.15, 0.2) is 0 Å². The number of aromatic nitrogens is 1. The predicted octanol–water partition coefficient (Wildman–Crippen LogP) is 2.42. The first-order chi connectivity index (χ1) is 9.40. The molecule has 2 N–H and O–H groups in total. The normalized spacial score (nSPS) is 10.3. The highest BCUT2D eigenvalue weighted by Crippen LogP contribution is 2.18. The minimum atomic E-state index is -1.23. The van der Waals surface area contributed by atoms with Gasteiger partial charge < -0.3 is 15.0 Å². The lowest BCUT2D eigenvalue weighted by Crippen LogP contribution is -2.18. The third-order valence-corrected chi connectivity index (χ3v) is 3.07. The summed E-state index contributed by atoms with van der Waals surface area (Å²) in [6.07, 6.45) is 0. The van der Waals surface area contributed by atoms with Gasteiger partial charge in [-0.15, -0.1) is 0 Å². The van der Waals surface area contributed by atoms with E-state index in [9.17, 15) is 14.0 Å². The van der Waals surface area contributed by atoms with Gasteiger partial charge in [0.05, 0.1) is 11.3 Å². The number of anilines is 1. The Labute approximate surface area is 114 Å². The van der Waals surface area contributed by atoms with E-state index in [1.807, 2.05) is 6.92 Å². The standard InChI is InChI=1S/C14H13FN2O3/c1-8-3-6-12(17(8)2)13(18)16-11-7-9(15)4-5-10(11)14(19)20/h3-7H,1-2H3,(H,16,18)(H,19,20). The second-order valence-corrected chi connectivity index (χ2v) is 4.37. The van der Waals surface area contributed by atoms with Crippen molar-refractivity contribution in [2.24, 2.45) is 7.05 Å². The molecule has 104 valence electrons. The number of halogens is 1. The fraction of sp³-hybridized carbons (Fsp3) is 0.143. The number of rotatable bonds is 3. The van der Waals surface area contributed by atoms with Crippen LogP contribution in [-0.4, -0.2) is 21.6 Å². The first-order valence-electron chi connectivity index (χ1n) is 5.86. The zero-order valence-electron chi connectivity index (χ0n) is 11.0. The number of amides is 1. The molecule has 1 heterocycles. The zero-order valence-corrected chi connectivity index (χ0v) is 11.0. The van der Waals surface area contributed by atoms with Crippen molar-refractivity contribution >= 4 is 17.6 Å². The Morgan fingerprint density at radius 1 is 1.25 bits per heavy atom. The smallest absolute Gasteiger partial charge is 0.337 e. The quantitative estimate of drug-likeness (QED) is 0.904. The lowest BCUT2D eigenvalue weighted by Gasteiger charge is -2.09. The SMILES string of the molecule is Cc1ccc(C(=O)Nc2cc(F)ccc2C(=O)O)n1C. The van der Waals surface area contributed by atoms with Crippen molar-refractivity contribution in [1.82, 2.24) is 4.57 Å². The van der Waals surface area contributed by atoms with Crippen LogP contribution in [0.4, 0.5) is 10.1 Å². The maximum atomic E-state index is 13.2. The fourth-order valence-corrected chi connectivity index (χ4v) is 1.83. The van der Waals surface area contributed by atoms with Crippen molar-refractivity contribution in [3.63, 3.8) is 0 Å². The van der Waals surface area contributed by atoms with Crippen LogP contribution in [0.2, 0.25) is 0 Å². The van der Waals surface area contributed by atoms with Crippen LogP contribution in [-0.2, 0) is 7.05 Å². The molecular formula is C14H13FN2O3. The maximum absolute atomic E-state index is 13.2. The van der Waals surface area contributed by atoms with E-state index in [4.69, 9.17) is 5.11 Å². The molecular weight excluding hydrogens is 263 g/mol. The summed E-state index contributed by atoms with van der Waals surface area (Å²) in [5.74, 6) is -2.34. The number of nitrogens with one attached hydrogen (secondary N) is 1. The molecule has 5 nitrogen and oxygen atoms in total. The number of carboxylic acids is 1. The van der Waals surface area contributed by atoms with Crippen LogP contribution >= 0.6 is 0 Å². The average Bonchev–Trinajstić information content (AvgIpc) is 2.69. The second kappa shape index (κ2) is 5.16. The number of hydrogen-bond donors (Lipinski definition) is 2. The molecule has 6 heteroatoms. The lowest BCUT2D eigenvalue weighted by molar-refractivity contribution is 0.0698. The van der Waals surface area contributed by atoms with Gasteiger partial charge in [-0.2, -0.15) is 0 Å². The number of carbonyl (C=O) groups is 2. The Morgan fingerprint density at radius 2 is 1.95 bits per heavy atom. The summed E-state index contributed by atoms with van der Waals surface area (Å²) in [6.45, 7) is 1.83. The number of carboxylic acid groups (broad SMARTS) is 1. The van der Waals surface area contributed by atoms with Crippen LogP contribution in [0, 0.1) is 12.7 Å². The summed E-state index contributed by atoms with van der Waals surface area (Å²) in [4.78, 5) is 23.1. The maximum Gasteiger partial charge on any atom is 0.337 e. The summed E-state index contributed by atoms with van der Waals surface area (Å²) >= 11 is 0. The van der Waals surface area contributed by atoms with Gasteiger partial charge in [0.2, 0.25) is 0 Å². The molecule has 0 aliphatic heterocycles. The van der Waals surface area contributed by atoms with Crippen LogP contribution in [0.25, 0.3) is 0 Å². The van der Waals surface area contributed by atoms with E-state index in [0.29, 0.717) is 5.69 Å². The number of carbonyl (C=O) groups excluding carboxylic acids is 1. The minimum Gasteiger partial charge on any atom is -0.478 e. The third kappa shape index (κ3) is 2.54. The van der Waals surface area contributed by atoms with Crippen molar-refractivity contribution < 1.29 is 19.1 Å². The van der Waals surface area contributed by atoms with E-state index < -0.39 is 17.7 Å². The molecule has 1 amide bonds. The molecule has 1 aromatic carbocycles. The number of hydrogen-bond acceptors (Lipinski definition) is 2. The zero-order chi connectivity index (χ0) is 14.9. The topological polar surface area (TPSA) is 71.3 Å². The first kappa shape index (κ1) is 13.8. The van der Waals surface area contributed by atoms with Crippen LogP contribution in [0.5, 0.6) is 0 Å². The van der Waals surface area contributed by atoms with Gasteiger partial charge in [-0.1, -0.05) is 0 Å². The predicted molar refractivity (Wildman–Crippen MR) is 71.5 cm³/mol. The highest BCUT2D eigenvalue weighted by Gasteiger charge is 2.16. The Kier molecular flexibility index (Phi) is 3.56. The number of benzene rings is 1. The van der Waals surface area contributed by atoms with Gasteiger partial charge in [-0.3, -0.25) is 4.79 Å².